The van der Waals surface area contributed by atoms with Gasteiger partial charge in [-0.2, -0.15) is 0 Å². The number of halogens is 1. The van der Waals surface area contributed by atoms with Gasteiger partial charge in [0, 0.05) is 24.2 Å². The topological polar surface area (TPSA) is 23.5 Å². The van der Waals surface area contributed by atoms with Crippen LogP contribution in [0.1, 0.15) is 26.3 Å². The van der Waals surface area contributed by atoms with Crippen LogP contribution in [-0.4, -0.2) is 23.3 Å². The first-order valence-electron chi connectivity index (χ1n) is 5.71. The first-order valence-corrected chi connectivity index (χ1v) is 5.71. The lowest BCUT2D eigenvalue weighted by molar-refractivity contribution is 0.0519. The van der Waals surface area contributed by atoms with Crippen molar-refractivity contribution < 1.29 is 9.50 Å². The van der Waals surface area contributed by atoms with E-state index in [4.69, 9.17) is 0 Å². The lowest BCUT2D eigenvalue weighted by Crippen LogP contribution is -2.47. The van der Waals surface area contributed by atoms with Crippen LogP contribution in [0.2, 0.25) is 0 Å². The zero-order valence-corrected chi connectivity index (χ0v) is 10.00. The van der Waals surface area contributed by atoms with Crippen LogP contribution < -0.4 is 4.90 Å². The largest absolute Gasteiger partial charge is 0.388 e. The normalized spacial score (nSPS) is 20.1. The minimum atomic E-state index is -0.818. The molecule has 0 saturated carbocycles. The fourth-order valence-electron chi connectivity index (χ4n) is 2.51. The van der Waals surface area contributed by atoms with Crippen molar-refractivity contribution in [3.05, 3.63) is 29.6 Å². The Bertz CT molecular complexity index is 397. The van der Waals surface area contributed by atoms with Gasteiger partial charge in [-0.05, 0) is 32.9 Å². The molecule has 1 N–H and O–H groups in total. The fraction of sp³-hybridized carbons (Fsp3) is 0.538. The third kappa shape index (κ3) is 1.69. The summed E-state index contributed by atoms with van der Waals surface area (Å²) in [6.07, 6.45) is 0.583. The van der Waals surface area contributed by atoms with Crippen LogP contribution in [-0.2, 0) is 6.42 Å². The van der Waals surface area contributed by atoms with Crippen molar-refractivity contribution in [2.24, 2.45) is 0 Å². The lowest BCUT2D eigenvalue weighted by atomic mass is 9.95. The second-order valence-corrected chi connectivity index (χ2v) is 4.90. The third-order valence-corrected chi connectivity index (χ3v) is 3.33. The number of nitrogens with zero attached hydrogens (tertiary/aromatic N) is 1. The number of aliphatic hydroxyl groups is 1. The van der Waals surface area contributed by atoms with E-state index < -0.39 is 5.60 Å². The summed E-state index contributed by atoms with van der Waals surface area (Å²) >= 11 is 0. The molecule has 3 heteroatoms. The van der Waals surface area contributed by atoms with E-state index in [0.29, 0.717) is 6.42 Å². The minimum absolute atomic E-state index is 0.0376. The number of anilines is 1. The maximum absolute atomic E-state index is 13.7. The molecule has 1 aromatic rings. The van der Waals surface area contributed by atoms with Gasteiger partial charge in [-0.25, -0.2) is 4.39 Å². The van der Waals surface area contributed by atoms with Crippen molar-refractivity contribution in [2.45, 2.75) is 38.8 Å². The SMILES string of the molecule is CCN1c2cccc(F)c2CC1C(C)(C)O. The summed E-state index contributed by atoms with van der Waals surface area (Å²) in [5, 5.41) is 10.1. The summed E-state index contributed by atoms with van der Waals surface area (Å²) in [7, 11) is 0. The first-order chi connectivity index (χ1) is 7.45. The molecule has 1 unspecified atom stereocenters. The molecule has 0 fully saturated rings. The molecule has 1 aliphatic rings. The highest BCUT2D eigenvalue weighted by Gasteiger charge is 2.38. The summed E-state index contributed by atoms with van der Waals surface area (Å²) < 4.78 is 13.7. The van der Waals surface area contributed by atoms with Crippen LogP contribution in [0.3, 0.4) is 0 Å². The van der Waals surface area contributed by atoms with Crippen molar-refractivity contribution >= 4 is 5.69 Å². The van der Waals surface area contributed by atoms with E-state index in [1.165, 1.54) is 6.07 Å². The Labute approximate surface area is 95.7 Å². The van der Waals surface area contributed by atoms with Crippen LogP contribution in [0.15, 0.2) is 18.2 Å². The van der Waals surface area contributed by atoms with E-state index in [2.05, 4.69) is 4.90 Å². The van der Waals surface area contributed by atoms with Gasteiger partial charge in [-0.3, -0.25) is 0 Å². The fourth-order valence-corrected chi connectivity index (χ4v) is 2.51. The van der Waals surface area contributed by atoms with Crippen molar-refractivity contribution in [3.63, 3.8) is 0 Å². The lowest BCUT2D eigenvalue weighted by Gasteiger charge is -2.34. The first kappa shape index (κ1) is 11.4. The van der Waals surface area contributed by atoms with Crippen LogP contribution in [0.25, 0.3) is 0 Å². The van der Waals surface area contributed by atoms with Crippen LogP contribution in [0, 0.1) is 5.82 Å². The molecule has 1 heterocycles. The van der Waals surface area contributed by atoms with Crippen molar-refractivity contribution in [2.75, 3.05) is 11.4 Å². The highest BCUT2D eigenvalue weighted by molar-refractivity contribution is 5.60. The van der Waals surface area contributed by atoms with Gasteiger partial charge in [-0.15, -0.1) is 0 Å². The molecule has 88 valence electrons. The van der Waals surface area contributed by atoms with Crippen molar-refractivity contribution in [1.29, 1.82) is 0 Å². The Morgan fingerprint density at radius 3 is 2.75 bits per heavy atom. The van der Waals surface area contributed by atoms with E-state index in [1.807, 2.05) is 13.0 Å². The average molecular weight is 223 g/mol. The number of hydrogen-bond acceptors (Lipinski definition) is 2. The zero-order chi connectivity index (χ0) is 11.9. The summed E-state index contributed by atoms with van der Waals surface area (Å²) in [6.45, 7) is 6.37. The van der Waals surface area contributed by atoms with Gasteiger partial charge in [0.15, 0.2) is 0 Å². The van der Waals surface area contributed by atoms with Gasteiger partial charge >= 0.3 is 0 Å². The number of rotatable bonds is 2. The molecule has 16 heavy (non-hydrogen) atoms. The highest BCUT2D eigenvalue weighted by atomic mass is 19.1. The Kier molecular flexibility index (Phi) is 2.66. The molecular weight excluding hydrogens is 205 g/mol. The van der Waals surface area contributed by atoms with Crippen LogP contribution in [0.4, 0.5) is 10.1 Å². The smallest absolute Gasteiger partial charge is 0.128 e. The summed E-state index contributed by atoms with van der Waals surface area (Å²) in [5.74, 6) is -0.164. The number of benzene rings is 1. The minimum Gasteiger partial charge on any atom is -0.388 e. The number of likely N-dealkylation sites (N-methyl/N-ethyl adjacent to an activating group) is 1. The molecular formula is C13H18FNO. The molecule has 2 nitrogen and oxygen atoms in total. The third-order valence-electron chi connectivity index (χ3n) is 3.33. The zero-order valence-electron chi connectivity index (χ0n) is 10.00. The van der Waals surface area contributed by atoms with Gasteiger partial charge in [-0.1, -0.05) is 6.07 Å². The van der Waals surface area contributed by atoms with Crippen molar-refractivity contribution in [1.82, 2.24) is 0 Å². The Morgan fingerprint density at radius 1 is 1.50 bits per heavy atom. The Balaban J connectivity index is 2.44. The standard InChI is InChI=1S/C13H18FNO/c1-4-15-11-7-5-6-10(14)9(11)8-12(15)13(2,3)16/h5-7,12,16H,4,8H2,1-3H3. The van der Waals surface area contributed by atoms with Crippen LogP contribution >= 0.6 is 0 Å². The van der Waals surface area contributed by atoms with Crippen molar-refractivity contribution in [3.8, 4) is 0 Å². The molecule has 1 aromatic carbocycles. The Hall–Kier alpha value is -1.09. The highest BCUT2D eigenvalue weighted by Crippen LogP contribution is 2.37. The molecule has 0 aromatic heterocycles. The molecule has 0 aliphatic carbocycles. The quantitative estimate of drug-likeness (QED) is 0.832. The van der Waals surface area contributed by atoms with E-state index in [9.17, 15) is 9.50 Å². The van der Waals surface area contributed by atoms with E-state index >= 15 is 0 Å². The van der Waals surface area contributed by atoms with E-state index in [1.54, 1.807) is 19.9 Å². The molecule has 2 rings (SSSR count). The molecule has 0 saturated heterocycles. The summed E-state index contributed by atoms with van der Waals surface area (Å²) in [4.78, 5) is 2.08. The van der Waals surface area contributed by atoms with Crippen LogP contribution in [0.5, 0.6) is 0 Å². The molecule has 0 amide bonds. The summed E-state index contributed by atoms with van der Waals surface area (Å²) in [6, 6.07) is 5.10. The Morgan fingerprint density at radius 2 is 2.19 bits per heavy atom. The van der Waals surface area contributed by atoms with Gasteiger partial charge < -0.3 is 10.0 Å². The summed E-state index contributed by atoms with van der Waals surface area (Å²) in [5.41, 5.74) is 0.840. The molecule has 0 bridgehead atoms. The van der Waals surface area contributed by atoms with Gasteiger partial charge in [0.25, 0.3) is 0 Å². The molecule has 1 atom stereocenters. The predicted molar refractivity (Wildman–Crippen MR) is 63.2 cm³/mol. The van der Waals surface area contributed by atoms with Gasteiger partial charge in [0.1, 0.15) is 5.82 Å². The van der Waals surface area contributed by atoms with Gasteiger partial charge in [0.05, 0.1) is 11.6 Å². The second kappa shape index (κ2) is 3.74. The molecule has 0 spiro atoms. The number of hydrogen-bond donors (Lipinski definition) is 1. The maximum atomic E-state index is 13.7. The average Bonchev–Trinajstić information content (AvgIpc) is 2.57. The monoisotopic (exact) mass is 223 g/mol. The maximum Gasteiger partial charge on any atom is 0.128 e. The molecule has 0 radical (unpaired) electrons. The van der Waals surface area contributed by atoms with E-state index in [0.717, 1.165) is 17.8 Å². The number of fused-ring (bicyclic) bond motifs is 1. The predicted octanol–water partition coefficient (Wildman–Crippen LogP) is 2.35. The van der Waals surface area contributed by atoms with Gasteiger partial charge in [0.2, 0.25) is 0 Å². The molecule has 1 aliphatic heterocycles. The van der Waals surface area contributed by atoms with E-state index in [-0.39, 0.29) is 11.9 Å². The second-order valence-electron chi connectivity index (χ2n) is 4.90.